The molecule has 2 fully saturated rings. The van der Waals surface area contributed by atoms with Crippen molar-refractivity contribution in [2.45, 2.75) is 19.4 Å². The lowest BCUT2D eigenvalue weighted by Gasteiger charge is -2.16. The van der Waals surface area contributed by atoms with Crippen LogP contribution >= 0.6 is 0 Å². The molecule has 0 bridgehead atoms. The van der Waals surface area contributed by atoms with Gasteiger partial charge in [0.05, 0.1) is 6.61 Å². The van der Waals surface area contributed by atoms with E-state index in [-0.39, 0.29) is 18.5 Å². The highest BCUT2D eigenvalue weighted by molar-refractivity contribution is 5.86. The van der Waals surface area contributed by atoms with Crippen molar-refractivity contribution >= 4 is 11.9 Å². The van der Waals surface area contributed by atoms with Gasteiger partial charge in [-0.05, 0) is 13.3 Å². The normalized spacial score (nSPS) is 24.6. The van der Waals surface area contributed by atoms with Crippen LogP contribution in [0.3, 0.4) is 0 Å². The number of hydrazine groups is 2. The molecule has 0 aromatic heterocycles. The molecule has 7 heteroatoms. The zero-order valence-corrected chi connectivity index (χ0v) is 9.94. The zero-order chi connectivity index (χ0) is 12.3. The van der Waals surface area contributed by atoms with Crippen LogP contribution in [0.25, 0.3) is 0 Å². The smallest absolute Gasteiger partial charge is 0.325 e. The Labute approximate surface area is 100 Å². The van der Waals surface area contributed by atoms with Crippen molar-refractivity contribution in [3.8, 4) is 0 Å². The van der Waals surface area contributed by atoms with Gasteiger partial charge >= 0.3 is 5.97 Å². The molecule has 0 aromatic carbocycles. The van der Waals surface area contributed by atoms with Crippen molar-refractivity contribution in [1.82, 2.24) is 20.9 Å². The number of esters is 1. The number of hydrogen-bond donors (Lipinski definition) is 2. The van der Waals surface area contributed by atoms with E-state index in [1.165, 1.54) is 0 Å². The Bertz CT molecular complexity index is 298. The molecule has 2 saturated heterocycles. The van der Waals surface area contributed by atoms with Gasteiger partial charge in [0.1, 0.15) is 12.6 Å². The van der Waals surface area contributed by atoms with E-state index >= 15 is 0 Å². The summed E-state index contributed by atoms with van der Waals surface area (Å²) in [5, 5.41) is 6.64. The second-order valence-corrected chi connectivity index (χ2v) is 4.09. The Morgan fingerprint density at radius 1 is 1.47 bits per heavy atom. The molecule has 17 heavy (non-hydrogen) atoms. The predicted octanol–water partition coefficient (Wildman–Crippen LogP) is -1.52. The zero-order valence-electron chi connectivity index (χ0n) is 9.94. The minimum atomic E-state index is -0.403. The van der Waals surface area contributed by atoms with E-state index < -0.39 is 5.97 Å². The molecule has 2 aliphatic rings. The summed E-state index contributed by atoms with van der Waals surface area (Å²) < 4.78 is 4.73. The molecule has 2 heterocycles. The summed E-state index contributed by atoms with van der Waals surface area (Å²) >= 11 is 0. The number of rotatable bonds is 4. The topological polar surface area (TPSA) is 73.9 Å². The largest absolute Gasteiger partial charge is 0.465 e. The lowest BCUT2D eigenvalue weighted by Crippen LogP contribution is -2.47. The van der Waals surface area contributed by atoms with Gasteiger partial charge in [-0.1, -0.05) is 0 Å². The standard InChI is InChI=1S/C10H18N4O3/c1-2-17-9(15)6-11-10(16)8-7-13-4-3-5-14(13)12-8/h8,12H,2-7H2,1H3,(H,11,16). The van der Waals surface area contributed by atoms with E-state index in [9.17, 15) is 9.59 Å². The van der Waals surface area contributed by atoms with Crippen LogP contribution in [-0.2, 0) is 14.3 Å². The van der Waals surface area contributed by atoms with Gasteiger partial charge in [-0.2, -0.15) is 5.12 Å². The van der Waals surface area contributed by atoms with Gasteiger partial charge in [-0.15, -0.1) is 0 Å². The summed E-state index contributed by atoms with van der Waals surface area (Å²) in [6.45, 7) is 4.58. The Hall–Kier alpha value is -1.18. The molecular formula is C10H18N4O3. The molecular weight excluding hydrogens is 224 g/mol. The average molecular weight is 242 g/mol. The minimum absolute atomic E-state index is 0.0646. The minimum Gasteiger partial charge on any atom is -0.465 e. The summed E-state index contributed by atoms with van der Waals surface area (Å²) in [7, 11) is 0. The maximum atomic E-state index is 11.8. The van der Waals surface area contributed by atoms with Crippen LogP contribution in [0.4, 0.5) is 0 Å². The highest BCUT2D eigenvalue weighted by atomic mass is 16.5. The molecule has 0 spiro atoms. The Kier molecular flexibility index (Phi) is 3.93. The van der Waals surface area contributed by atoms with Crippen LogP contribution in [0, 0.1) is 0 Å². The van der Waals surface area contributed by atoms with Gasteiger partial charge in [0.25, 0.3) is 0 Å². The summed E-state index contributed by atoms with van der Waals surface area (Å²) in [5.41, 5.74) is 3.10. The SMILES string of the molecule is CCOC(=O)CNC(=O)C1CN2CCCN2N1. The fourth-order valence-corrected chi connectivity index (χ4v) is 2.07. The molecule has 0 radical (unpaired) electrons. The second-order valence-electron chi connectivity index (χ2n) is 4.09. The van der Waals surface area contributed by atoms with Gasteiger partial charge in [-0.3, -0.25) is 9.59 Å². The van der Waals surface area contributed by atoms with E-state index in [1.807, 2.05) is 5.12 Å². The number of carbonyl (C=O) groups excluding carboxylic acids is 2. The van der Waals surface area contributed by atoms with Crippen LogP contribution < -0.4 is 10.7 Å². The highest BCUT2D eigenvalue weighted by Crippen LogP contribution is 2.14. The Morgan fingerprint density at radius 3 is 3.00 bits per heavy atom. The first-order chi connectivity index (χ1) is 8.20. The lowest BCUT2D eigenvalue weighted by atomic mass is 10.3. The van der Waals surface area contributed by atoms with Crippen molar-refractivity contribution in [3.05, 3.63) is 0 Å². The van der Waals surface area contributed by atoms with Crippen LogP contribution in [0.15, 0.2) is 0 Å². The number of nitrogens with zero attached hydrogens (tertiary/aromatic N) is 2. The highest BCUT2D eigenvalue weighted by Gasteiger charge is 2.36. The van der Waals surface area contributed by atoms with Crippen LogP contribution in [0.5, 0.6) is 0 Å². The third kappa shape index (κ3) is 2.93. The van der Waals surface area contributed by atoms with E-state index in [4.69, 9.17) is 4.74 Å². The maximum absolute atomic E-state index is 11.8. The van der Waals surface area contributed by atoms with Crippen molar-refractivity contribution in [1.29, 1.82) is 0 Å². The van der Waals surface area contributed by atoms with Crippen molar-refractivity contribution in [2.75, 3.05) is 32.8 Å². The van der Waals surface area contributed by atoms with E-state index in [2.05, 4.69) is 15.8 Å². The monoisotopic (exact) mass is 242 g/mol. The van der Waals surface area contributed by atoms with Crippen molar-refractivity contribution in [3.63, 3.8) is 0 Å². The van der Waals surface area contributed by atoms with Gasteiger partial charge in [-0.25, -0.2) is 10.4 Å². The third-order valence-electron chi connectivity index (χ3n) is 2.85. The Morgan fingerprint density at radius 2 is 2.29 bits per heavy atom. The van der Waals surface area contributed by atoms with Crippen LogP contribution in [0.2, 0.25) is 0 Å². The van der Waals surface area contributed by atoms with Crippen LogP contribution in [-0.4, -0.2) is 60.8 Å². The van der Waals surface area contributed by atoms with Gasteiger partial charge in [0, 0.05) is 19.6 Å². The van der Waals surface area contributed by atoms with E-state index in [1.54, 1.807) is 6.92 Å². The second kappa shape index (κ2) is 5.44. The van der Waals surface area contributed by atoms with Gasteiger partial charge in [0.2, 0.25) is 5.91 Å². The maximum Gasteiger partial charge on any atom is 0.325 e. The lowest BCUT2D eigenvalue weighted by molar-refractivity contribution is -0.143. The van der Waals surface area contributed by atoms with Crippen LogP contribution in [0.1, 0.15) is 13.3 Å². The van der Waals surface area contributed by atoms with Crippen molar-refractivity contribution < 1.29 is 14.3 Å². The molecule has 2 aliphatic heterocycles. The number of carbonyl (C=O) groups is 2. The van der Waals surface area contributed by atoms with Crippen molar-refractivity contribution in [2.24, 2.45) is 0 Å². The molecule has 2 N–H and O–H groups in total. The third-order valence-corrected chi connectivity index (χ3v) is 2.85. The van der Waals surface area contributed by atoms with E-state index in [0.717, 1.165) is 19.5 Å². The Balaban J connectivity index is 1.72. The fourth-order valence-electron chi connectivity index (χ4n) is 2.07. The fraction of sp³-hybridized carbons (Fsp3) is 0.800. The number of ether oxygens (including phenoxy) is 1. The molecule has 2 rings (SSSR count). The summed E-state index contributed by atoms with van der Waals surface area (Å²) in [6.07, 6.45) is 1.12. The first-order valence-corrected chi connectivity index (χ1v) is 5.92. The van der Waals surface area contributed by atoms with E-state index in [0.29, 0.717) is 13.2 Å². The molecule has 0 aromatic rings. The molecule has 96 valence electrons. The number of nitrogens with one attached hydrogen (secondary N) is 2. The first-order valence-electron chi connectivity index (χ1n) is 5.92. The number of fused-ring (bicyclic) bond motifs is 1. The summed E-state index contributed by atoms with van der Waals surface area (Å²) in [6, 6.07) is -0.273. The molecule has 1 amide bonds. The van der Waals surface area contributed by atoms with Gasteiger partial charge < -0.3 is 10.1 Å². The van der Waals surface area contributed by atoms with Gasteiger partial charge in [0.15, 0.2) is 0 Å². The molecule has 0 aliphatic carbocycles. The quantitative estimate of drug-likeness (QED) is 0.583. The molecule has 1 atom stereocenters. The summed E-state index contributed by atoms with van der Waals surface area (Å²) in [4.78, 5) is 22.8. The molecule has 7 nitrogen and oxygen atoms in total. The summed E-state index contributed by atoms with van der Waals surface area (Å²) in [5.74, 6) is -0.563. The first kappa shape index (κ1) is 12.3. The average Bonchev–Trinajstić information content (AvgIpc) is 2.86. The molecule has 1 unspecified atom stereocenters. The number of hydrogen-bond acceptors (Lipinski definition) is 6. The predicted molar refractivity (Wildman–Crippen MR) is 59.5 cm³/mol. The number of amides is 1. The molecule has 0 saturated carbocycles.